The van der Waals surface area contributed by atoms with Gasteiger partial charge in [-0.15, -0.1) is 0 Å². The van der Waals surface area contributed by atoms with E-state index in [4.69, 9.17) is 0 Å². The Balaban J connectivity index is 1.64. The van der Waals surface area contributed by atoms with Crippen LogP contribution in [0.15, 0.2) is 65.8 Å². The van der Waals surface area contributed by atoms with Gasteiger partial charge in [-0.25, -0.2) is 13.4 Å². The minimum Gasteiger partial charge on any atom is -0.331 e. The van der Waals surface area contributed by atoms with E-state index in [2.05, 4.69) is 10.3 Å². The number of carbonyl (C=O) groups excluding carboxylic acids is 3. The van der Waals surface area contributed by atoms with Crippen molar-refractivity contribution >= 4 is 33.2 Å². The fourth-order valence-electron chi connectivity index (χ4n) is 2.95. The first-order chi connectivity index (χ1) is 15.1. The van der Waals surface area contributed by atoms with Crippen LogP contribution in [0.5, 0.6) is 0 Å². The number of hydrogen-bond donors (Lipinski definition) is 1. The fourth-order valence-corrected chi connectivity index (χ4v) is 4.07. The number of benzene rings is 2. The molecule has 0 aliphatic rings. The number of carbonyl (C=O) groups is 3. The second-order valence-electron chi connectivity index (χ2n) is 7.16. The van der Waals surface area contributed by atoms with Gasteiger partial charge in [0.15, 0.2) is 11.6 Å². The van der Waals surface area contributed by atoms with Gasteiger partial charge >= 0.3 is 0 Å². The van der Waals surface area contributed by atoms with Gasteiger partial charge < -0.3 is 9.88 Å². The van der Waals surface area contributed by atoms with Crippen LogP contribution in [0.1, 0.15) is 33.5 Å². The van der Waals surface area contributed by atoms with E-state index in [9.17, 15) is 22.8 Å². The van der Waals surface area contributed by atoms with Crippen LogP contribution >= 0.6 is 0 Å². The highest BCUT2D eigenvalue weighted by molar-refractivity contribution is 7.89. The third-order valence-corrected chi connectivity index (χ3v) is 6.61. The first kappa shape index (κ1) is 23.0. The topological polar surface area (TPSA) is 118 Å². The minimum absolute atomic E-state index is 0.0186. The normalized spacial score (nSPS) is 11.4. The second kappa shape index (κ2) is 9.25. The lowest BCUT2D eigenvalue weighted by Gasteiger charge is -2.17. The summed E-state index contributed by atoms with van der Waals surface area (Å²) in [5.41, 5.74) is 1.23. The zero-order chi connectivity index (χ0) is 23.5. The Hall–Kier alpha value is -3.63. The number of ketones is 2. The number of sulfonamides is 1. The number of nitrogens with zero attached hydrogens (tertiary/aromatic N) is 3. The van der Waals surface area contributed by atoms with Gasteiger partial charge in [-0.3, -0.25) is 14.4 Å². The summed E-state index contributed by atoms with van der Waals surface area (Å²) in [6.45, 7) is 0.978. The molecule has 1 N–H and O–H groups in total. The molecule has 166 valence electrons. The quantitative estimate of drug-likeness (QED) is 0.521. The number of aromatic nitrogens is 2. The predicted molar refractivity (Wildman–Crippen MR) is 118 cm³/mol. The molecule has 1 aromatic heterocycles. The van der Waals surface area contributed by atoms with Crippen LogP contribution in [0.2, 0.25) is 0 Å². The number of likely N-dealkylation sites (N-methyl/N-ethyl adjacent to an activating group) is 1. The average Bonchev–Trinajstić information content (AvgIpc) is 3.19. The zero-order valence-corrected chi connectivity index (χ0v) is 18.6. The van der Waals surface area contributed by atoms with Crippen LogP contribution in [0.3, 0.4) is 0 Å². The number of amides is 1. The van der Waals surface area contributed by atoms with Crippen LogP contribution in [0.25, 0.3) is 0 Å². The molecule has 3 aromatic rings. The fraction of sp³-hybridized carbons (Fsp3) is 0.182. The summed E-state index contributed by atoms with van der Waals surface area (Å²) in [6.07, 6.45) is 3.20. The van der Waals surface area contributed by atoms with Gasteiger partial charge in [-0.1, -0.05) is 12.1 Å². The summed E-state index contributed by atoms with van der Waals surface area (Å²) in [7, 11) is -0.895. The molecule has 3 rings (SSSR count). The van der Waals surface area contributed by atoms with Gasteiger partial charge in [0.25, 0.3) is 0 Å². The van der Waals surface area contributed by atoms with Crippen LogP contribution < -0.4 is 5.32 Å². The van der Waals surface area contributed by atoms with E-state index < -0.39 is 22.5 Å². The first-order valence-corrected chi connectivity index (χ1v) is 11.0. The molecule has 9 nitrogen and oxygen atoms in total. The number of imidazole rings is 1. The molecule has 2 aromatic carbocycles. The lowest BCUT2D eigenvalue weighted by atomic mass is 10.1. The highest BCUT2D eigenvalue weighted by Crippen LogP contribution is 2.17. The monoisotopic (exact) mass is 454 g/mol. The van der Waals surface area contributed by atoms with Crippen molar-refractivity contribution in [2.24, 2.45) is 7.05 Å². The van der Waals surface area contributed by atoms with Gasteiger partial charge in [-0.05, 0) is 43.3 Å². The molecule has 1 amide bonds. The molecule has 0 saturated carbocycles. The number of anilines is 1. The van der Waals surface area contributed by atoms with Crippen molar-refractivity contribution in [1.29, 1.82) is 0 Å². The summed E-state index contributed by atoms with van der Waals surface area (Å²) in [4.78, 5) is 40.2. The van der Waals surface area contributed by atoms with E-state index in [1.165, 1.54) is 44.4 Å². The van der Waals surface area contributed by atoms with Gasteiger partial charge in [-0.2, -0.15) is 4.31 Å². The highest BCUT2D eigenvalue weighted by Gasteiger charge is 2.23. The maximum absolute atomic E-state index is 12.7. The van der Waals surface area contributed by atoms with Crippen LogP contribution in [0, 0.1) is 0 Å². The Morgan fingerprint density at radius 3 is 2.12 bits per heavy atom. The molecule has 0 bridgehead atoms. The summed E-state index contributed by atoms with van der Waals surface area (Å²) in [6, 6.07) is 11.8. The molecule has 0 unspecified atom stereocenters. The van der Waals surface area contributed by atoms with Crippen LogP contribution in [-0.4, -0.2) is 53.3 Å². The van der Waals surface area contributed by atoms with Crippen molar-refractivity contribution in [1.82, 2.24) is 13.9 Å². The van der Waals surface area contributed by atoms with E-state index in [0.717, 1.165) is 4.31 Å². The highest BCUT2D eigenvalue weighted by atomic mass is 32.2. The number of hydrogen-bond acceptors (Lipinski definition) is 6. The van der Waals surface area contributed by atoms with Crippen LogP contribution in [0.4, 0.5) is 5.69 Å². The van der Waals surface area contributed by atoms with Crippen molar-refractivity contribution in [2.75, 3.05) is 18.9 Å². The van der Waals surface area contributed by atoms with Crippen molar-refractivity contribution in [2.45, 2.75) is 11.8 Å². The third-order valence-electron chi connectivity index (χ3n) is 4.79. The molecular weight excluding hydrogens is 432 g/mol. The minimum atomic E-state index is -3.91. The van der Waals surface area contributed by atoms with Gasteiger partial charge in [0, 0.05) is 43.3 Å². The Kier molecular flexibility index (Phi) is 6.66. The number of Topliss-reactive ketones (excluding diaryl/α,β-unsaturated/α-hetero) is 1. The SMILES string of the molecule is CC(=O)c1ccc(S(=O)(=O)N(C)CC(=O)Nc2ccc(C(=O)c3nccn3C)cc2)cc1. The molecule has 0 fully saturated rings. The Bertz CT molecular complexity index is 1260. The maximum atomic E-state index is 12.7. The average molecular weight is 455 g/mol. The summed E-state index contributed by atoms with van der Waals surface area (Å²) in [5.74, 6) is -0.670. The van der Waals surface area contributed by atoms with Crippen LogP contribution in [-0.2, 0) is 21.9 Å². The third kappa shape index (κ3) is 4.98. The van der Waals surface area contributed by atoms with Gasteiger partial charge in [0.1, 0.15) is 0 Å². The molecule has 10 heteroatoms. The van der Waals surface area contributed by atoms with E-state index in [1.54, 1.807) is 42.1 Å². The molecule has 0 radical (unpaired) electrons. The lowest BCUT2D eigenvalue weighted by Crippen LogP contribution is -2.35. The maximum Gasteiger partial charge on any atom is 0.243 e. The summed E-state index contributed by atoms with van der Waals surface area (Å²) >= 11 is 0. The van der Waals surface area contributed by atoms with E-state index in [0.29, 0.717) is 22.6 Å². The van der Waals surface area contributed by atoms with Crippen molar-refractivity contribution < 1.29 is 22.8 Å². The van der Waals surface area contributed by atoms with Crippen molar-refractivity contribution in [3.05, 3.63) is 77.9 Å². The Morgan fingerprint density at radius 2 is 1.59 bits per heavy atom. The Labute approximate surface area is 185 Å². The molecule has 0 spiro atoms. The number of aryl methyl sites for hydroxylation is 1. The smallest absolute Gasteiger partial charge is 0.243 e. The second-order valence-corrected chi connectivity index (χ2v) is 9.20. The Morgan fingerprint density at radius 1 is 1.00 bits per heavy atom. The van der Waals surface area contributed by atoms with E-state index >= 15 is 0 Å². The van der Waals surface area contributed by atoms with Gasteiger partial charge in [0.05, 0.1) is 11.4 Å². The molecule has 0 atom stereocenters. The summed E-state index contributed by atoms with van der Waals surface area (Å²) < 4.78 is 27.9. The first-order valence-electron chi connectivity index (χ1n) is 9.59. The predicted octanol–water partition coefficient (Wildman–Crippen LogP) is 2.11. The lowest BCUT2D eigenvalue weighted by molar-refractivity contribution is -0.116. The van der Waals surface area contributed by atoms with E-state index in [1.807, 2.05) is 0 Å². The zero-order valence-electron chi connectivity index (χ0n) is 17.8. The molecule has 32 heavy (non-hydrogen) atoms. The van der Waals surface area contributed by atoms with E-state index in [-0.39, 0.29) is 16.5 Å². The molecule has 1 heterocycles. The van der Waals surface area contributed by atoms with Crippen molar-refractivity contribution in [3.8, 4) is 0 Å². The molecule has 0 saturated heterocycles. The molecule has 0 aliphatic heterocycles. The number of rotatable bonds is 8. The molecule has 0 aliphatic carbocycles. The van der Waals surface area contributed by atoms with Crippen molar-refractivity contribution in [3.63, 3.8) is 0 Å². The standard InChI is InChI=1S/C22H22N4O5S/c1-15(27)16-6-10-19(11-7-16)32(30,31)26(3)14-20(28)24-18-8-4-17(5-9-18)21(29)22-23-12-13-25(22)2/h4-13H,14H2,1-3H3,(H,24,28). The molecular formula is C22H22N4O5S. The number of nitrogens with one attached hydrogen (secondary N) is 1. The summed E-state index contributed by atoms with van der Waals surface area (Å²) in [5, 5.41) is 2.61. The van der Waals surface area contributed by atoms with Gasteiger partial charge in [0.2, 0.25) is 21.7 Å². The largest absolute Gasteiger partial charge is 0.331 e.